The van der Waals surface area contributed by atoms with Crippen LogP contribution >= 0.6 is 0 Å². The Bertz CT molecular complexity index is 3600. The highest BCUT2D eigenvalue weighted by molar-refractivity contribution is 6.21. The lowest BCUT2D eigenvalue weighted by molar-refractivity contribution is 0.627. The third kappa shape index (κ3) is 5.24. The Kier molecular flexibility index (Phi) is 7.63. The summed E-state index contributed by atoms with van der Waals surface area (Å²) in [5.41, 5.74) is 12.9. The molecule has 10 aromatic carbocycles. The molecule has 0 aliphatic rings. The number of hydrogen-bond acceptors (Lipinski definition) is 0. The number of nitrogens with zero attached hydrogens (tertiary/aromatic N) is 2. The lowest BCUT2D eigenvalue weighted by Gasteiger charge is -2.18. The normalized spacial score (nSPS) is 11.8. The van der Waals surface area contributed by atoms with E-state index in [9.17, 15) is 8.78 Å². The maximum Gasteiger partial charge on any atom is 0.123 e. The molecule has 0 bridgehead atoms. The largest absolute Gasteiger partial charge is 0.309 e. The second-order valence-corrected chi connectivity index (χ2v) is 15.5. The standard InChI is InChI=1S/C56H34F2N2/c57-39-22-27-42(28-23-39)60-53-30-21-38(33-49(53)50-34-40(58)24-31-54(50)60)37-20-29-52-48(32-37)43-12-8-9-17-51(43)59(52)41-25-18-36(19-26-41)56-46-15-6-4-13-44(46)55(35-10-2-1-3-11-35)45-14-5-7-16-47(45)56/h1-34H. The predicted octanol–water partition coefficient (Wildman–Crippen LogP) is 15.5. The quantitative estimate of drug-likeness (QED) is 0.154. The summed E-state index contributed by atoms with van der Waals surface area (Å²) in [7, 11) is 0. The Balaban J connectivity index is 0.990. The van der Waals surface area contributed by atoms with Gasteiger partial charge in [-0.05, 0) is 140 Å². The van der Waals surface area contributed by atoms with E-state index in [2.05, 4.69) is 173 Å². The van der Waals surface area contributed by atoms with Gasteiger partial charge in [0.25, 0.3) is 0 Å². The van der Waals surface area contributed by atoms with Gasteiger partial charge in [0, 0.05) is 32.9 Å². The van der Waals surface area contributed by atoms with Crippen molar-refractivity contribution >= 4 is 65.2 Å². The van der Waals surface area contributed by atoms with Crippen molar-refractivity contribution in [3.05, 3.63) is 218 Å². The average molecular weight is 773 g/mol. The number of fused-ring (bicyclic) bond motifs is 8. The van der Waals surface area contributed by atoms with E-state index in [4.69, 9.17) is 0 Å². The maximum atomic E-state index is 14.8. The number of para-hydroxylation sites is 1. The fourth-order valence-electron chi connectivity index (χ4n) is 9.61. The van der Waals surface area contributed by atoms with Gasteiger partial charge in [0.1, 0.15) is 11.6 Å². The van der Waals surface area contributed by atoms with Crippen LogP contribution in [-0.2, 0) is 0 Å². The van der Waals surface area contributed by atoms with Gasteiger partial charge < -0.3 is 9.13 Å². The van der Waals surface area contributed by atoms with E-state index >= 15 is 0 Å². The third-order valence-corrected chi connectivity index (χ3v) is 12.2. The summed E-state index contributed by atoms with van der Waals surface area (Å²) < 4.78 is 33.1. The van der Waals surface area contributed by atoms with Crippen molar-refractivity contribution in [3.8, 4) is 44.8 Å². The van der Waals surface area contributed by atoms with E-state index in [1.54, 1.807) is 24.3 Å². The summed E-state index contributed by atoms with van der Waals surface area (Å²) in [5, 5.41) is 9.01. The van der Waals surface area contributed by atoms with E-state index in [0.717, 1.165) is 60.7 Å². The van der Waals surface area contributed by atoms with Gasteiger partial charge >= 0.3 is 0 Å². The minimum atomic E-state index is -0.297. The minimum absolute atomic E-state index is 0.295. The smallest absolute Gasteiger partial charge is 0.123 e. The van der Waals surface area contributed by atoms with Gasteiger partial charge in [0.05, 0.1) is 22.1 Å². The number of benzene rings is 10. The molecule has 0 saturated carbocycles. The van der Waals surface area contributed by atoms with Gasteiger partial charge in [0.2, 0.25) is 0 Å². The Morgan fingerprint density at radius 1 is 0.250 bits per heavy atom. The van der Waals surface area contributed by atoms with Gasteiger partial charge in [-0.3, -0.25) is 0 Å². The van der Waals surface area contributed by atoms with Crippen molar-refractivity contribution in [3.63, 3.8) is 0 Å². The average Bonchev–Trinajstić information content (AvgIpc) is 3.80. The van der Waals surface area contributed by atoms with E-state index in [-0.39, 0.29) is 11.6 Å². The fraction of sp³-hybridized carbons (Fsp3) is 0. The first-order chi connectivity index (χ1) is 29.6. The highest BCUT2D eigenvalue weighted by Gasteiger charge is 2.19. The zero-order chi connectivity index (χ0) is 39.9. The zero-order valence-corrected chi connectivity index (χ0v) is 32.3. The van der Waals surface area contributed by atoms with Crippen molar-refractivity contribution in [2.75, 3.05) is 0 Å². The summed E-state index contributed by atoms with van der Waals surface area (Å²) >= 11 is 0. The maximum absolute atomic E-state index is 14.8. The zero-order valence-electron chi connectivity index (χ0n) is 32.3. The van der Waals surface area contributed by atoms with Crippen molar-refractivity contribution < 1.29 is 8.78 Å². The monoisotopic (exact) mass is 772 g/mol. The molecule has 0 radical (unpaired) electrons. The highest BCUT2D eigenvalue weighted by Crippen LogP contribution is 2.44. The summed E-state index contributed by atoms with van der Waals surface area (Å²) in [4.78, 5) is 0. The number of hydrogen-bond donors (Lipinski definition) is 0. The number of halogens is 2. The molecule has 0 unspecified atom stereocenters. The Morgan fingerprint density at radius 3 is 1.17 bits per heavy atom. The summed E-state index contributed by atoms with van der Waals surface area (Å²) in [6.45, 7) is 0. The molecule has 0 saturated heterocycles. The third-order valence-electron chi connectivity index (χ3n) is 12.2. The Labute approximate surface area is 344 Å². The van der Waals surface area contributed by atoms with Crippen LogP contribution < -0.4 is 0 Å². The second-order valence-electron chi connectivity index (χ2n) is 15.5. The van der Waals surface area contributed by atoms with Gasteiger partial charge in [-0.15, -0.1) is 0 Å². The molecule has 12 rings (SSSR count). The molecule has 0 N–H and O–H groups in total. The molecule has 60 heavy (non-hydrogen) atoms. The first kappa shape index (κ1) is 34.2. The first-order valence-electron chi connectivity index (χ1n) is 20.2. The van der Waals surface area contributed by atoms with Crippen LogP contribution in [0.25, 0.3) is 110 Å². The predicted molar refractivity (Wildman–Crippen MR) is 246 cm³/mol. The van der Waals surface area contributed by atoms with Crippen LogP contribution in [0.4, 0.5) is 8.78 Å². The van der Waals surface area contributed by atoms with Gasteiger partial charge in [0.15, 0.2) is 0 Å². The van der Waals surface area contributed by atoms with Crippen LogP contribution in [0.1, 0.15) is 0 Å². The molecule has 282 valence electrons. The van der Waals surface area contributed by atoms with Gasteiger partial charge in [-0.25, -0.2) is 8.78 Å². The summed E-state index contributed by atoms with van der Waals surface area (Å²) in [6, 6.07) is 70.2. The van der Waals surface area contributed by atoms with Crippen molar-refractivity contribution in [2.45, 2.75) is 0 Å². The van der Waals surface area contributed by atoms with Crippen LogP contribution in [0.15, 0.2) is 206 Å². The summed E-state index contributed by atoms with van der Waals surface area (Å²) in [6.07, 6.45) is 0. The molecule has 0 fully saturated rings. The molecule has 0 amide bonds. The minimum Gasteiger partial charge on any atom is -0.309 e. The van der Waals surface area contributed by atoms with Gasteiger partial charge in [-0.2, -0.15) is 0 Å². The molecule has 2 aromatic heterocycles. The molecule has 12 aromatic rings. The first-order valence-corrected chi connectivity index (χ1v) is 20.2. The molecule has 2 heterocycles. The SMILES string of the molecule is Fc1ccc(-n2c3ccc(F)cc3c3cc(-c4ccc5c(c4)c4ccccc4n5-c4ccc(-c5c6ccccc6c(-c6ccccc6)c6ccccc56)cc4)ccc32)cc1. The molecule has 0 spiro atoms. The Hall–Kier alpha value is -7.82. The summed E-state index contributed by atoms with van der Waals surface area (Å²) in [5.74, 6) is -0.593. The topological polar surface area (TPSA) is 9.86 Å². The van der Waals surface area contributed by atoms with Crippen LogP contribution in [0.5, 0.6) is 0 Å². The molecule has 2 nitrogen and oxygen atoms in total. The van der Waals surface area contributed by atoms with E-state index in [0.29, 0.717) is 0 Å². The number of rotatable bonds is 5. The van der Waals surface area contributed by atoms with Crippen molar-refractivity contribution in [1.82, 2.24) is 9.13 Å². The van der Waals surface area contributed by atoms with E-state index < -0.39 is 0 Å². The van der Waals surface area contributed by atoms with Gasteiger partial charge in [-0.1, -0.05) is 121 Å². The second kappa shape index (κ2) is 13.4. The lowest BCUT2D eigenvalue weighted by atomic mass is 9.86. The van der Waals surface area contributed by atoms with E-state index in [1.165, 1.54) is 67.4 Å². The lowest BCUT2D eigenvalue weighted by Crippen LogP contribution is -1.95. The molecular formula is C56H34F2N2. The van der Waals surface area contributed by atoms with Crippen molar-refractivity contribution in [1.29, 1.82) is 0 Å². The van der Waals surface area contributed by atoms with E-state index in [1.807, 2.05) is 0 Å². The van der Waals surface area contributed by atoms with Crippen LogP contribution in [0.2, 0.25) is 0 Å². The number of aromatic nitrogens is 2. The molecule has 0 aliphatic carbocycles. The molecular weight excluding hydrogens is 739 g/mol. The highest BCUT2D eigenvalue weighted by atomic mass is 19.1. The van der Waals surface area contributed by atoms with Crippen molar-refractivity contribution in [2.24, 2.45) is 0 Å². The molecule has 0 atom stereocenters. The molecule has 0 aliphatic heterocycles. The fourth-order valence-corrected chi connectivity index (χ4v) is 9.61. The Morgan fingerprint density at radius 2 is 0.617 bits per heavy atom. The van der Waals surface area contributed by atoms with Crippen LogP contribution in [-0.4, -0.2) is 9.13 Å². The molecule has 4 heteroatoms. The van der Waals surface area contributed by atoms with Crippen LogP contribution in [0.3, 0.4) is 0 Å². The van der Waals surface area contributed by atoms with Crippen LogP contribution in [0, 0.1) is 11.6 Å².